The van der Waals surface area contributed by atoms with Crippen LogP contribution in [0.2, 0.25) is 0 Å². The molecule has 0 aliphatic carbocycles. The number of nitrogens with zero attached hydrogens (tertiary/aromatic N) is 3. The molecule has 2 heterocycles. The number of carbonyl (C=O) groups is 1. The zero-order valence-corrected chi connectivity index (χ0v) is 10.9. The van der Waals surface area contributed by atoms with Crippen LogP contribution in [0.3, 0.4) is 0 Å². The van der Waals surface area contributed by atoms with Crippen LogP contribution in [0.25, 0.3) is 0 Å². The molecule has 4 heteroatoms. The van der Waals surface area contributed by atoms with Crippen LogP contribution in [-0.4, -0.2) is 33.7 Å². The topological polar surface area (TPSA) is 38.1 Å². The third kappa shape index (κ3) is 2.87. The highest BCUT2D eigenvalue weighted by Gasteiger charge is 2.21. The standard InChI is InChI=1S/C13H21N3O/c1-10-5-4-6-16(9-10)13(17)8-12-7-11(2)14-15(12)3/h7,10H,4-6,8-9H2,1-3H3. The number of aryl methyl sites for hydroxylation is 2. The number of aromatic nitrogens is 2. The number of piperidine rings is 1. The van der Waals surface area contributed by atoms with Crippen LogP contribution >= 0.6 is 0 Å². The number of amides is 1. The second kappa shape index (κ2) is 4.90. The van der Waals surface area contributed by atoms with Gasteiger partial charge in [-0.25, -0.2) is 0 Å². The van der Waals surface area contributed by atoms with Crippen molar-refractivity contribution in [3.63, 3.8) is 0 Å². The van der Waals surface area contributed by atoms with Crippen molar-refractivity contribution in [1.82, 2.24) is 14.7 Å². The second-order valence-electron chi connectivity index (χ2n) is 5.16. The van der Waals surface area contributed by atoms with Gasteiger partial charge in [0.05, 0.1) is 12.1 Å². The average molecular weight is 235 g/mol. The number of carbonyl (C=O) groups excluding carboxylic acids is 1. The first-order valence-electron chi connectivity index (χ1n) is 6.33. The van der Waals surface area contributed by atoms with E-state index in [2.05, 4.69) is 12.0 Å². The predicted octanol–water partition coefficient (Wildman–Crippen LogP) is 1.53. The summed E-state index contributed by atoms with van der Waals surface area (Å²) >= 11 is 0. The molecular formula is C13H21N3O. The largest absolute Gasteiger partial charge is 0.342 e. The molecule has 2 rings (SSSR count). The van der Waals surface area contributed by atoms with E-state index in [9.17, 15) is 4.79 Å². The molecule has 0 radical (unpaired) electrons. The molecule has 1 aliphatic heterocycles. The summed E-state index contributed by atoms with van der Waals surface area (Å²) in [7, 11) is 1.90. The molecule has 1 aromatic heterocycles. The van der Waals surface area contributed by atoms with E-state index >= 15 is 0 Å². The molecule has 1 aromatic rings. The lowest BCUT2D eigenvalue weighted by Crippen LogP contribution is -2.40. The van der Waals surface area contributed by atoms with Gasteiger partial charge in [-0.3, -0.25) is 9.48 Å². The lowest BCUT2D eigenvalue weighted by atomic mass is 10.00. The summed E-state index contributed by atoms with van der Waals surface area (Å²) < 4.78 is 1.81. The molecule has 94 valence electrons. The van der Waals surface area contributed by atoms with Gasteiger partial charge in [0.15, 0.2) is 0 Å². The van der Waals surface area contributed by atoms with E-state index in [-0.39, 0.29) is 5.91 Å². The number of hydrogen-bond acceptors (Lipinski definition) is 2. The second-order valence-corrected chi connectivity index (χ2v) is 5.16. The van der Waals surface area contributed by atoms with Gasteiger partial charge < -0.3 is 4.90 Å². The normalized spacial score (nSPS) is 20.6. The summed E-state index contributed by atoms with van der Waals surface area (Å²) in [5.74, 6) is 0.875. The fourth-order valence-corrected chi connectivity index (χ4v) is 2.51. The minimum absolute atomic E-state index is 0.236. The van der Waals surface area contributed by atoms with Crippen molar-refractivity contribution >= 4 is 5.91 Å². The van der Waals surface area contributed by atoms with Crippen molar-refractivity contribution in [2.45, 2.75) is 33.1 Å². The van der Waals surface area contributed by atoms with Crippen LogP contribution in [-0.2, 0) is 18.3 Å². The first-order chi connectivity index (χ1) is 8.06. The Bertz CT molecular complexity index is 411. The Morgan fingerprint density at radius 2 is 2.35 bits per heavy atom. The molecule has 0 spiro atoms. The monoisotopic (exact) mass is 235 g/mol. The number of rotatable bonds is 2. The van der Waals surface area contributed by atoms with Crippen molar-refractivity contribution in [3.8, 4) is 0 Å². The Hall–Kier alpha value is -1.32. The Morgan fingerprint density at radius 3 is 2.94 bits per heavy atom. The van der Waals surface area contributed by atoms with Gasteiger partial charge in [0.2, 0.25) is 5.91 Å². The maximum Gasteiger partial charge on any atom is 0.228 e. The summed E-state index contributed by atoms with van der Waals surface area (Å²) in [6.07, 6.45) is 2.86. The van der Waals surface area contributed by atoms with Crippen molar-refractivity contribution in [2.24, 2.45) is 13.0 Å². The van der Waals surface area contributed by atoms with Crippen LogP contribution in [0.1, 0.15) is 31.2 Å². The third-order valence-corrected chi connectivity index (χ3v) is 3.44. The summed E-state index contributed by atoms with van der Waals surface area (Å²) in [5.41, 5.74) is 1.98. The Labute approximate surface area is 103 Å². The van der Waals surface area contributed by atoms with Crippen LogP contribution in [0.15, 0.2) is 6.07 Å². The van der Waals surface area contributed by atoms with E-state index in [0.717, 1.165) is 30.9 Å². The van der Waals surface area contributed by atoms with Gasteiger partial charge in [0.1, 0.15) is 0 Å². The van der Waals surface area contributed by atoms with Gasteiger partial charge in [0, 0.05) is 25.8 Å². The Morgan fingerprint density at radius 1 is 1.59 bits per heavy atom. The lowest BCUT2D eigenvalue weighted by Gasteiger charge is -2.31. The van der Waals surface area contributed by atoms with E-state index in [1.54, 1.807) is 4.68 Å². The van der Waals surface area contributed by atoms with E-state index in [1.165, 1.54) is 6.42 Å². The zero-order chi connectivity index (χ0) is 12.4. The fourth-order valence-electron chi connectivity index (χ4n) is 2.51. The van der Waals surface area contributed by atoms with Gasteiger partial charge in [0.25, 0.3) is 0 Å². The van der Waals surface area contributed by atoms with Crippen LogP contribution < -0.4 is 0 Å². The molecule has 0 N–H and O–H groups in total. The highest BCUT2D eigenvalue weighted by molar-refractivity contribution is 5.78. The van der Waals surface area contributed by atoms with Crippen molar-refractivity contribution < 1.29 is 4.79 Å². The minimum Gasteiger partial charge on any atom is -0.342 e. The molecule has 1 saturated heterocycles. The average Bonchev–Trinajstić information content (AvgIpc) is 2.57. The Balaban J connectivity index is 1.99. The first-order valence-corrected chi connectivity index (χ1v) is 6.33. The number of hydrogen-bond donors (Lipinski definition) is 0. The highest BCUT2D eigenvalue weighted by atomic mass is 16.2. The maximum absolute atomic E-state index is 12.2. The quantitative estimate of drug-likeness (QED) is 0.779. The molecule has 1 fully saturated rings. The summed E-state index contributed by atoms with van der Waals surface area (Å²) in [6.45, 7) is 6.00. The summed E-state index contributed by atoms with van der Waals surface area (Å²) in [5, 5.41) is 4.27. The third-order valence-electron chi connectivity index (χ3n) is 3.44. The van der Waals surface area contributed by atoms with Crippen LogP contribution in [0, 0.1) is 12.8 Å². The van der Waals surface area contributed by atoms with Gasteiger partial charge in [-0.15, -0.1) is 0 Å². The molecule has 0 saturated carbocycles. The molecule has 0 aromatic carbocycles. The molecule has 4 nitrogen and oxygen atoms in total. The molecule has 1 amide bonds. The zero-order valence-electron chi connectivity index (χ0n) is 10.9. The summed E-state index contributed by atoms with van der Waals surface area (Å²) in [6, 6.07) is 1.99. The predicted molar refractivity (Wildman–Crippen MR) is 66.6 cm³/mol. The van der Waals surface area contributed by atoms with Crippen molar-refractivity contribution in [1.29, 1.82) is 0 Å². The minimum atomic E-state index is 0.236. The first kappa shape index (κ1) is 12.1. The van der Waals surface area contributed by atoms with Gasteiger partial charge in [-0.2, -0.15) is 5.10 Å². The Kier molecular flexibility index (Phi) is 3.50. The van der Waals surface area contributed by atoms with Crippen LogP contribution in [0.5, 0.6) is 0 Å². The molecular weight excluding hydrogens is 214 g/mol. The van der Waals surface area contributed by atoms with Gasteiger partial charge in [-0.05, 0) is 31.7 Å². The van der Waals surface area contributed by atoms with Crippen molar-refractivity contribution in [2.75, 3.05) is 13.1 Å². The summed E-state index contributed by atoms with van der Waals surface area (Å²) in [4.78, 5) is 14.2. The van der Waals surface area contributed by atoms with E-state index < -0.39 is 0 Å². The van der Waals surface area contributed by atoms with E-state index in [0.29, 0.717) is 12.3 Å². The molecule has 1 unspecified atom stereocenters. The molecule has 0 bridgehead atoms. The lowest BCUT2D eigenvalue weighted by molar-refractivity contribution is -0.132. The van der Waals surface area contributed by atoms with Crippen LogP contribution in [0.4, 0.5) is 0 Å². The SMILES string of the molecule is Cc1cc(CC(=O)N2CCCC(C)C2)n(C)n1. The molecule has 17 heavy (non-hydrogen) atoms. The molecule has 1 atom stereocenters. The van der Waals surface area contributed by atoms with E-state index in [1.807, 2.05) is 24.9 Å². The highest BCUT2D eigenvalue weighted by Crippen LogP contribution is 2.16. The fraction of sp³-hybridized carbons (Fsp3) is 0.692. The maximum atomic E-state index is 12.2. The van der Waals surface area contributed by atoms with Gasteiger partial charge in [-0.1, -0.05) is 6.92 Å². The molecule has 1 aliphatic rings. The van der Waals surface area contributed by atoms with Gasteiger partial charge >= 0.3 is 0 Å². The number of likely N-dealkylation sites (tertiary alicyclic amines) is 1. The van der Waals surface area contributed by atoms with E-state index in [4.69, 9.17) is 0 Å². The van der Waals surface area contributed by atoms with Crippen molar-refractivity contribution in [3.05, 3.63) is 17.5 Å². The smallest absolute Gasteiger partial charge is 0.228 e.